The van der Waals surface area contributed by atoms with E-state index in [1.165, 1.54) is 42.1 Å². The average molecular weight is 437 g/mol. The summed E-state index contributed by atoms with van der Waals surface area (Å²) in [6.07, 6.45) is 7.24. The van der Waals surface area contributed by atoms with Crippen molar-refractivity contribution < 1.29 is 0 Å². The van der Waals surface area contributed by atoms with Gasteiger partial charge in [0.1, 0.15) is 0 Å². The van der Waals surface area contributed by atoms with Crippen LogP contribution < -0.4 is 0 Å². The van der Waals surface area contributed by atoms with Gasteiger partial charge in [0.25, 0.3) is 0 Å². The molecule has 2 bridgehead atoms. The summed E-state index contributed by atoms with van der Waals surface area (Å²) < 4.78 is 2.38. The van der Waals surface area contributed by atoms with E-state index in [0.717, 1.165) is 22.2 Å². The van der Waals surface area contributed by atoms with Crippen molar-refractivity contribution in [2.24, 2.45) is 17.8 Å². The second kappa shape index (κ2) is 5.57. The number of benzene rings is 1. The largest absolute Gasteiger partial charge is 0.0838 e. The van der Waals surface area contributed by atoms with Gasteiger partial charge in [-0.05, 0) is 67.2 Å². The lowest BCUT2D eigenvalue weighted by molar-refractivity contribution is 0.314. The first-order valence-electron chi connectivity index (χ1n) is 6.72. The zero-order valence-corrected chi connectivity index (χ0v) is 15.0. The molecular weight excluding hydrogens is 420 g/mol. The highest BCUT2D eigenvalue weighted by molar-refractivity contribution is 9.11. The smallest absolute Gasteiger partial charge is 0.0409 e. The standard InChI is InChI=1S/C15H17Br3/c16-12-3-4-14(17)13(8-12)15(18)7-11-6-9-1-2-10(11)5-9/h3-4,8-11,15H,1-2,5-7H2. The molecule has 4 unspecified atom stereocenters. The van der Waals surface area contributed by atoms with Crippen LogP contribution in [0.5, 0.6) is 0 Å². The van der Waals surface area contributed by atoms with E-state index >= 15 is 0 Å². The monoisotopic (exact) mass is 434 g/mol. The normalized spacial score (nSPS) is 31.8. The van der Waals surface area contributed by atoms with Gasteiger partial charge >= 0.3 is 0 Å². The fraction of sp³-hybridized carbons (Fsp3) is 0.600. The Labute approximate surface area is 134 Å². The lowest BCUT2D eigenvalue weighted by Crippen LogP contribution is -2.12. The fourth-order valence-corrected chi connectivity index (χ4v) is 5.88. The third kappa shape index (κ3) is 2.73. The maximum absolute atomic E-state index is 3.90. The van der Waals surface area contributed by atoms with E-state index in [-0.39, 0.29) is 0 Å². The molecule has 1 aromatic carbocycles. The lowest BCUT2D eigenvalue weighted by atomic mass is 9.84. The molecule has 2 aliphatic rings. The van der Waals surface area contributed by atoms with Gasteiger partial charge in [-0.15, -0.1) is 0 Å². The van der Waals surface area contributed by atoms with Gasteiger partial charge < -0.3 is 0 Å². The molecule has 4 atom stereocenters. The molecule has 3 rings (SSSR count). The van der Waals surface area contributed by atoms with E-state index in [9.17, 15) is 0 Å². The van der Waals surface area contributed by atoms with E-state index in [1.807, 2.05) is 0 Å². The maximum atomic E-state index is 3.90. The van der Waals surface area contributed by atoms with Gasteiger partial charge in [-0.25, -0.2) is 0 Å². The third-order valence-electron chi connectivity index (χ3n) is 4.69. The van der Waals surface area contributed by atoms with Crippen LogP contribution in [0.25, 0.3) is 0 Å². The van der Waals surface area contributed by atoms with Crippen molar-refractivity contribution in [3.05, 3.63) is 32.7 Å². The van der Waals surface area contributed by atoms with Gasteiger partial charge in [-0.3, -0.25) is 0 Å². The Morgan fingerprint density at radius 1 is 1.17 bits per heavy atom. The molecule has 0 spiro atoms. The number of alkyl halides is 1. The van der Waals surface area contributed by atoms with Crippen LogP contribution >= 0.6 is 47.8 Å². The number of hydrogen-bond acceptors (Lipinski definition) is 0. The Hall–Kier alpha value is 0.660. The summed E-state index contributed by atoms with van der Waals surface area (Å²) in [5, 5.41) is 0. The molecule has 0 amide bonds. The molecule has 0 aliphatic heterocycles. The van der Waals surface area contributed by atoms with E-state index < -0.39 is 0 Å². The van der Waals surface area contributed by atoms with Gasteiger partial charge in [0, 0.05) is 13.8 Å². The molecule has 1 aromatic rings. The molecule has 2 aliphatic carbocycles. The number of fused-ring (bicyclic) bond motifs is 2. The van der Waals surface area contributed by atoms with Crippen molar-refractivity contribution in [2.45, 2.75) is 36.9 Å². The second-order valence-corrected chi connectivity index (χ2v) is 8.68. The minimum atomic E-state index is 0.480. The van der Waals surface area contributed by atoms with E-state index in [1.54, 1.807) is 0 Å². The SMILES string of the molecule is Brc1ccc(Br)c(C(Br)CC2CC3CCC2C3)c1. The highest BCUT2D eigenvalue weighted by Crippen LogP contribution is 2.52. The zero-order valence-electron chi connectivity index (χ0n) is 10.2. The van der Waals surface area contributed by atoms with Crippen molar-refractivity contribution in [3.8, 4) is 0 Å². The Kier molecular flexibility index (Phi) is 4.22. The third-order valence-corrected chi connectivity index (χ3v) is 6.77. The zero-order chi connectivity index (χ0) is 12.7. The summed E-state index contributed by atoms with van der Waals surface area (Å²) in [6.45, 7) is 0. The molecular formula is C15H17Br3. The minimum Gasteiger partial charge on any atom is -0.0838 e. The van der Waals surface area contributed by atoms with Crippen LogP contribution in [0.4, 0.5) is 0 Å². The van der Waals surface area contributed by atoms with Crippen LogP contribution in [0, 0.1) is 17.8 Å². The van der Waals surface area contributed by atoms with Crippen LogP contribution in [-0.4, -0.2) is 0 Å². The predicted molar refractivity (Wildman–Crippen MR) is 87.1 cm³/mol. The molecule has 3 heteroatoms. The summed E-state index contributed by atoms with van der Waals surface area (Å²) in [6, 6.07) is 6.45. The number of rotatable bonds is 3. The van der Waals surface area contributed by atoms with Crippen LogP contribution in [-0.2, 0) is 0 Å². The molecule has 0 nitrogen and oxygen atoms in total. The summed E-state index contributed by atoms with van der Waals surface area (Å²) in [7, 11) is 0. The van der Waals surface area contributed by atoms with Crippen molar-refractivity contribution in [1.82, 2.24) is 0 Å². The van der Waals surface area contributed by atoms with Gasteiger partial charge in [-0.2, -0.15) is 0 Å². The van der Waals surface area contributed by atoms with Crippen molar-refractivity contribution >= 4 is 47.8 Å². The molecule has 2 fully saturated rings. The van der Waals surface area contributed by atoms with Gasteiger partial charge in [0.2, 0.25) is 0 Å². The molecule has 98 valence electrons. The highest BCUT2D eigenvalue weighted by atomic mass is 79.9. The molecule has 0 saturated heterocycles. The fourth-order valence-electron chi connectivity index (χ4n) is 3.81. The van der Waals surface area contributed by atoms with Crippen molar-refractivity contribution in [1.29, 1.82) is 0 Å². The predicted octanol–water partition coefficient (Wildman–Crippen LogP) is 6.47. The van der Waals surface area contributed by atoms with Crippen LogP contribution in [0.2, 0.25) is 0 Å². The van der Waals surface area contributed by atoms with Gasteiger partial charge in [0.05, 0.1) is 0 Å². The maximum Gasteiger partial charge on any atom is 0.0409 e. The summed E-state index contributed by atoms with van der Waals surface area (Å²) in [4.78, 5) is 0.480. The van der Waals surface area contributed by atoms with Gasteiger partial charge in [-0.1, -0.05) is 54.2 Å². The summed E-state index contributed by atoms with van der Waals surface area (Å²) in [5.74, 6) is 3.01. The van der Waals surface area contributed by atoms with Crippen molar-refractivity contribution in [3.63, 3.8) is 0 Å². The topological polar surface area (TPSA) is 0 Å². The minimum absolute atomic E-state index is 0.480. The van der Waals surface area contributed by atoms with Crippen molar-refractivity contribution in [2.75, 3.05) is 0 Å². The Morgan fingerprint density at radius 2 is 2.00 bits per heavy atom. The molecule has 0 heterocycles. The highest BCUT2D eigenvalue weighted by Gasteiger charge is 2.40. The average Bonchev–Trinajstić information content (AvgIpc) is 2.94. The molecule has 0 aromatic heterocycles. The van der Waals surface area contributed by atoms with E-state index in [4.69, 9.17) is 0 Å². The number of halogens is 3. The number of hydrogen-bond donors (Lipinski definition) is 0. The van der Waals surface area contributed by atoms with E-state index in [0.29, 0.717) is 4.83 Å². The van der Waals surface area contributed by atoms with Crippen LogP contribution in [0.1, 0.15) is 42.5 Å². The summed E-state index contributed by atoms with van der Waals surface area (Å²) >= 11 is 11.1. The quantitative estimate of drug-likeness (QED) is 0.476. The first-order chi connectivity index (χ1) is 8.63. The Bertz CT molecular complexity index is 443. The van der Waals surface area contributed by atoms with E-state index in [2.05, 4.69) is 66.0 Å². The molecule has 0 radical (unpaired) electrons. The molecule has 0 N–H and O–H groups in total. The summed E-state index contributed by atoms with van der Waals surface area (Å²) in [5.41, 5.74) is 1.38. The lowest BCUT2D eigenvalue weighted by Gasteiger charge is -2.24. The first-order valence-corrected chi connectivity index (χ1v) is 9.22. The molecule has 18 heavy (non-hydrogen) atoms. The van der Waals surface area contributed by atoms with Crippen LogP contribution in [0.3, 0.4) is 0 Å². The first kappa shape index (κ1) is 13.6. The Morgan fingerprint density at radius 3 is 2.67 bits per heavy atom. The van der Waals surface area contributed by atoms with Crippen LogP contribution in [0.15, 0.2) is 27.1 Å². The Balaban J connectivity index is 1.71. The van der Waals surface area contributed by atoms with Gasteiger partial charge in [0.15, 0.2) is 0 Å². The second-order valence-electron chi connectivity index (χ2n) is 5.80. The molecule has 2 saturated carbocycles.